The van der Waals surface area contributed by atoms with Gasteiger partial charge in [0.15, 0.2) is 11.5 Å². The summed E-state index contributed by atoms with van der Waals surface area (Å²) in [4.78, 5) is 22.5. The van der Waals surface area contributed by atoms with Gasteiger partial charge in [0.25, 0.3) is 5.91 Å². The second-order valence-electron chi connectivity index (χ2n) is 4.16. The molecule has 6 nitrogen and oxygen atoms in total. The highest BCUT2D eigenvalue weighted by Crippen LogP contribution is 2.32. The summed E-state index contributed by atoms with van der Waals surface area (Å²) in [5.74, 6) is 1.01. The van der Waals surface area contributed by atoms with Gasteiger partial charge in [-0.2, -0.15) is 0 Å². The fraction of sp³-hybridized carbons (Fsp3) is 0.385. The van der Waals surface area contributed by atoms with Crippen molar-refractivity contribution >= 4 is 11.8 Å². The van der Waals surface area contributed by atoms with Crippen LogP contribution in [0.25, 0.3) is 0 Å². The lowest BCUT2D eigenvalue weighted by molar-refractivity contribution is -0.118. The first-order valence-electron chi connectivity index (χ1n) is 6.09. The zero-order valence-corrected chi connectivity index (χ0v) is 10.7. The molecule has 2 rings (SSSR count). The van der Waals surface area contributed by atoms with Crippen LogP contribution in [0.5, 0.6) is 11.5 Å². The molecular weight excluding hydrogens is 248 g/mol. The molecule has 0 unspecified atom stereocenters. The third-order valence-corrected chi connectivity index (χ3v) is 2.65. The zero-order valence-electron chi connectivity index (χ0n) is 10.7. The van der Waals surface area contributed by atoms with Gasteiger partial charge in [0.05, 0.1) is 0 Å². The zero-order chi connectivity index (χ0) is 13.7. The number of carbonyl (C=O) groups excluding carboxylic acids is 2. The number of hydrogen-bond acceptors (Lipinski definition) is 4. The highest BCUT2D eigenvalue weighted by atomic mass is 16.7. The molecule has 0 aromatic heterocycles. The SMILES string of the molecule is CC(=O)NCCCNC(=O)c1ccc2c(c1)OCO2. The first kappa shape index (κ1) is 13.2. The lowest BCUT2D eigenvalue weighted by atomic mass is 10.2. The van der Waals surface area contributed by atoms with Crippen LogP contribution < -0.4 is 20.1 Å². The van der Waals surface area contributed by atoms with E-state index < -0.39 is 0 Å². The minimum absolute atomic E-state index is 0.0675. The summed E-state index contributed by atoms with van der Waals surface area (Å²) < 4.78 is 10.4. The Balaban J connectivity index is 1.78. The van der Waals surface area contributed by atoms with Crippen LogP contribution in [0.3, 0.4) is 0 Å². The molecule has 1 aromatic rings. The highest BCUT2D eigenvalue weighted by molar-refractivity contribution is 5.94. The Labute approximate surface area is 111 Å². The Morgan fingerprint density at radius 1 is 1.16 bits per heavy atom. The molecule has 0 radical (unpaired) electrons. The van der Waals surface area contributed by atoms with E-state index in [9.17, 15) is 9.59 Å². The second-order valence-corrected chi connectivity index (χ2v) is 4.16. The van der Waals surface area contributed by atoms with E-state index in [-0.39, 0.29) is 18.6 Å². The van der Waals surface area contributed by atoms with Crippen LogP contribution in [0.2, 0.25) is 0 Å². The number of ether oxygens (including phenoxy) is 2. The van der Waals surface area contributed by atoms with Crippen LogP contribution in [-0.2, 0) is 4.79 Å². The van der Waals surface area contributed by atoms with Crippen LogP contribution in [0.15, 0.2) is 18.2 Å². The largest absolute Gasteiger partial charge is 0.454 e. The molecule has 19 heavy (non-hydrogen) atoms. The number of carbonyl (C=O) groups is 2. The Morgan fingerprint density at radius 2 is 1.89 bits per heavy atom. The van der Waals surface area contributed by atoms with Crippen LogP contribution in [0.4, 0.5) is 0 Å². The van der Waals surface area contributed by atoms with Gasteiger partial charge in [-0.25, -0.2) is 0 Å². The van der Waals surface area contributed by atoms with E-state index in [0.29, 0.717) is 36.6 Å². The number of hydrogen-bond donors (Lipinski definition) is 2. The molecule has 2 N–H and O–H groups in total. The van der Waals surface area contributed by atoms with Gasteiger partial charge in [-0.05, 0) is 24.6 Å². The van der Waals surface area contributed by atoms with Crippen LogP contribution >= 0.6 is 0 Å². The smallest absolute Gasteiger partial charge is 0.251 e. The molecule has 0 spiro atoms. The first-order chi connectivity index (χ1) is 9.16. The van der Waals surface area contributed by atoms with E-state index in [2.05, 4.69) is 10.6 Å². The van der Waals surface area contributed by atoms with Gasteiger partial charge in [-0.3, -0.25) is 9.59 Å². The minimum Gasteiger partial charge on any atom is -0.454 e. The predicted molar refractivity (Wildman–Crippen MR) is 68.2 cm³/mol. The lowest BCUT2D eigenvalue weighted by Crippen LogP contribution is -2.28. The third-order valence-electron chi connectivity index (χ3n) is 2.65. The summed E-state index contributed by atoms with van der Waals surface area (Å²) in [6.45, 7) is 2.71. The quantitative estimate of drug-likeness (QED) is 0.766. The maximum atomic E-state index is 11.8. The topological polar surface area (TPSA) is 76.7 Å². The summed E-state index contributed by atoms with van der Waals surface area (Å²) in [5, 5.41) is 5.44. The maximum absolute atomic E-state index is 11.8. The van der Waals surface area contributed by atoms with Crippen LogP contribution in [0, 0.1) is 0 Å². The van der Waals surface area contributed by atoms with Gasteiger partial charge < -0.3 is 20.1 Å². The summed E-state index contributed by atoms with van der Waals surface area (Å²) in [6.07, 6.45) is 0.690. The van der Waals surface area contributed by atoms with Crippen molar-refractivity contribution in [2.24, 2.45) is 0 Å². The summed E-state index contributed by atoms with van der Waals surface area (Å²) in [5.41, 5.74) is 0.531. The molecule has 1 aromatic carbocycles. The molecule has 1 aliphatic rings. The molecule has 1 heterocycles. The van der Waals surface area contributed by atoms with Crippen molar-refractivity contribution in [1.82, 2.24) is 10.6 Å². The molecule has 0 bridgehead atoms. The average Bonchev–Trinajstić information content (AvgIpc) is 2.84. The normalized spacial score (nSPS) is 12.1. The Kier molecular flexibility index (Phi) is 4.22. The predicted octanol–water partition coefficient (Wildman–Crippen LogP) is 0.671. The molecule has 6 heteroatoms. The van der Waals surface area contributed by atoms with Gasteiger partial charge in [0, 0.05) is 25.6 Å². The molecule has 102 valence electrons. The van der Waals surface area contributed by atoms with Gasteiger partial charge in [0.1, 0.15) is 0 Å². The number of fused-ring (bicyclic) bond motifs is 1. The number of rotatable bonds is 5. The average molecular weight is 264 g/mol. The molecule has 2 amide bonds. The van der Waals surface area contributed by atoms with Gasteiger partial charge in [-0.15, -0.1) is 0 Å². The minimum atomic E-state index is -0.166. The molecule has 0 aliphatic carbocycles. The van der Waals surface area contributed by atoms with Crippen molar-refractivity contribution in [2.75, 3.05) is 19.9 Å². The number of nitrogens with one attached hydrogen (secondary N) is 2. The molecule has 0 saturated carbocycles. The standard InChI is InChI=1S/C13H16N2O4/c1-9(16)14-5-2-6-15-13(17)10-3-4-11-12(7-10)19-8-18-11/h3-4,7H,2,5-6,8H2,1H3,(H,14,16)(H,15,17). The van der Waals surface area contributed by atoms with Crippen molar-refractivity contribution in [1.29, 1.82) is 0 Å². The van der Waals surface area contributed by atoms with Gasteiger partial charge >= 0.3 is 0 Å². The maximum Gasteiger partial charge on any atom is 0.251 e. The number of amides is 2. The van der Waals surface area contributed by atoms with E-state index in [1.807, 2.05) is 0 Å². The Morgan fingerprint density at radius 3 is 2.68 bits per heavy atom. The summed E-state index contributed by atoms with van der Waals surface area (Å²) >= 11 is 0. The lowest BCUT2D eigenvalue weighted by Gasteiger charge is -2.06. The van der Waals surface area contributed by atoms with E-state index in [1.165, 1.54) is 6.92 Å². The second kappa shape index (κ2) is 6.08. The Bertz CT molecular complexity index is 488. The van der Waals surface area contributed by atoms with Crippen molar-refractivity contribution in [3.8, 4) is 11.5 Å². The van der Waals surface area contributed by atoms with Crippen molar-refractivity contribution < 1.29 is 19.1 Å². The van der Waals surface area contributed by atoms with Gasteiger partial charge in [-0.1, -0.05) is 0 Å². The molecular formula is C13H16N2O4. The fourth-order valence-electron chi connectivity index (χ4n) is 1.69. The Hall–Kier alpha value is -2.24. The van der Waals surface area contributed by atoms with Crippen molar-refractivity contribution in [3.63, 3.8) is 0 Å². The van der Waals surface area contributed by atoms with Crippen LogP contribution in [-0.4, -0.2) is 31.7 Å². The third kappa shape index (κ3) is 3.61. The van der Waals surface area contributed by atoms with Crippen molar-refractivity contribution in [3.05, 3.63) is 23.8 Å². The van der Waals surface area contributed by atoms with E-state index in [1.54, 1.807) is 18.2 Å². The fourth-order valence-corrected chi connectivity index (χ4v) is 1.69. The van der Waals surface area contributed by atoms with E-state index in [0.717, 1.165) is 0 Å². The molecule has 0 fully saturated rings. The molecule has 1 aliphatic heterocycles. The summed E-state index contributed by atoms with van der Waals surface area (Å²) in [6, 6.07) is 5.07. The number of benzene rings is 1. The molecule has 0 atom stereocenters. The first-order valence-corrected chi connectivity index (χ1v) is 6.09. The summed E-state index contributed by atoms with van der Waals surface area (Å²) in [7, 11) is 0. The monoisotopic (exact) mass is 264 g/mol. The van der Waals surface area contributed by atoms with Crippen molar-refractivity contribution in [2.45, 2.75) is 13.3 Å². The van der Waals surface area contributed by atoms with E-state index in [4.69, 9.17) is 9.47 Å². The highest BCUT2D eigenvalue weighted by Gasteiger charge is 2.15. The molecule has 0 saturated heterocycles. The van der Waals surface area contributed by atoms with Gasteiger partial charge in [0.2, 0.25) is 12.7 Å². The van der Waals surface area contributed by atoms with Crippen LogP contribution in [0.1, 0.15) is 23.7 Å². The van der Waals surface area contributed by atoms with E-state index >= 15 is 0 Å².